The Bertz CT molecular complexity index is 2610. The van der Waals surface area contributed by atoms with Crippen molar-refractivity contribution in [1.29, 1.82) is 0 Å². The van der Waals surface area contributed by atoms with Gasteiger partial charge >= 0.3 is 0 Å². The van der Waals surface area contributed by atoms with Gasteiger partial charge in [0.15, 0.2) is 11.6 Å². The Hall–Kier alpha value is -7.18. The van der Waals surface area contributed by atoms with Gasteiger partial charge in [0.05, 0.1) is 22.8 Å². The fourth-order valence-corrected chi connectivity index (χ4v) is 8.83. The summed E-state index contributed by atoms with van der Waals surface area (Å²) in [4.78, 5) is 36.6. The van der Waals surface area contributed by atoms with E-state index in [9.17, 15) is 9.59 Å². The highest BCUT2D eigenvalue weighted by Gasteiger charge is 2.50. The second-order valence-electron chi connectivity index (χ2n) is 14.1. The molecule has 5 aromatic carbocycles. The zero-order valence-electron chi connectivity index (χ0n) is 28.9. The maximum atomic E-state index is 12.8. The minimum atomic E-state index is -0.843. The molecule has 11 rings (SSSR count). The second kappa shape index (κ2) is 11.2. The van der Waals surface area contributed by atoms with Crippen molar-refractivity contribution < 1.29 is 9.59 Å². The van der Waals surface area contributed by atoms with Crippen molar-refractivity contribution in [2.45, 2.75) is 11.1 Å². The Morgan fingerprint density at radius 1 is 0.407 bits per heavy atom. The zero-order chi connectivity index (χ0) is 36.0. The maximum Gasteiger partial charge on any atom is 0.178 e. The first kappa shape index (κ1) is 30.4. The van der Waals surface area contributed by atoms with E-state index in [0.29, 0.717) is 0 Å². The van der Waals surface area contributed by atoms with E-state index in [1.165, 1.54) is 0 Å². The lowest BCUT2D eigenvalue weighted by Crippen LogP contribution is -2.31. The molecule has 4 heterocycles. The number of hydrogen-bond donors (Lipinski definition) is 0. The molecule has 0 radical (unpaired) electrons. The van der Waals surface area contributed by atoms with Crippen molar-refractivity contribution in [3.8, 4) is 67.8 Å². The summed E-state index contributed by atoms with van der Waals surface area (Å²) in [6.07, 6.45) is 14.7. The van der Waals surface area contributed by atoms with Gasteiger partial charge in [0.1, 0.15) is 22.7 Å². The van der Waals surface area contributed by atoms with Gasteiger partial charge in [-0.05, 0) is 71.9 Å². The Morgan fingerprint density at radius 2 is 0.722 bits per heavy atom. The number of ketones is 2. The van der Waals surface area contributed by atoms with E-state index in [0.717, 1.165) is 78.9 Å². The molecule has 0 unspecified atom stereocenters. The summed E-state index contributed by atoms with van der Waals surface area (Å²) in [6, 6.07) is 45.7. The Balaban J connectivity index is 1.25. The number of carbonyl (C=O) groups is 2. The Morgan fingerprint density at radius 3 is 1.06 bits per heavy atom. The van der Waals surface area contributed by atoms with E-state index >= 15 is 0 Å². The third-order valence-corrected chi connectivity index (χ3v) is 11.2. The van der Waals surface area contributed by atoms with Gasteiger partial charge in [0.2, 0.25) is 0 Å². The van der Waals surface area contributed by atoms with Crippen LogP contribution in [-0.2, 0) is 20.7 Å². The number of allylic oxidation sites excluding steroid dienone is 8. The van der Waals surface area contributed by atoms with Crippen LogP contribution < -0.4 is 0 Å². The fraction of sp³-hybridized carbons (Fsp3) is 0.0417. The molecule has 0 amide bonds. The average Bonchev–Trinajstić information content (AvgIpc) is 3.95. The number of rotatable bonds is 4. The van der Waals surface area contributed by atoms with Crippen LogP contribution in [0.4, 0.5) is 0 Å². The SMILES string of the molecule is O=C1C=CC2(C=C1)c1cc3c(cc1-c1nc(-c4ccccc4)c(-c4ccccc4)n12)C1(C=CC(=O)C=C1)n1c-3nc(-c2ccccc2)c1-c1ccccc1. The molecule has 0 saturated carbocycles. The van der Waals surface area contributed by atoms with Gasteiger partial charge in [0.25, 0.3) is 0 Å². The van der Waals surface area contributed by atoms with Crippen LogP contribution in [0.1, 0.15) is 11.1 Å². The highest BCUT2D eigenvalue weighted by atomic mass is 16.1. The number of carbonyl (C=O) groups excluding carboxylic acids is 2. The van der Waals surface area contributed by atoms with Crippen LogP contribution in [0.2, 0.25) is 0 Å². The summed E-state index contributed by atoms with van der Waals surface area (Å²) in [5.74, 6) is 1.50. The van der Waals surface area contributed by atoms with Crippen LogP contribution in [0.15, 0.2) is 182 Å². The quantitative estimate of drug-likeness (QED) is 0.184. The molecule has 7 aromatic rings. The molecule has 54 heavy (non-hydrogen) atoms. The lowest BCUT2D eigenvalue weighted by atomic mass is 9.79. The van der Waals surface area contributed by atoms with Crippen molar-refractivity contribution >= 4 is 11.6 Å². The molecule has 4 aliphatic rings. The highest BCUT2D eigenvalue weighted by Crippen LogP contribution is 2.58. The fourth-order valence-electron chi connectivity index (χ4n) is 8.83. The van der Waals surface area contributed by atoms with Crippen LogP contribution >= 0.6 is 0 Å². The number of fused-ring (bicyclic) bond motifs is 10. The number of nitrogens with zero attached hydrogens (tertiary/aromatic N) is 4. The van der Waals surface area contributed by atoms with Gasteiger partial charge in [-0.25, -0.2) is 9.97 Å². The molecule has 0 saturated heterocycles. The Kier molecular flexibility index (Phi) is 6.29. The van der Waals surface area contributed by atoms with E-state index in [2.05, 4.69) is 69.8 Å². The molecule has 2 spiro atoms. The molecule has 0 atom stereocenters. The molecule has 0 bridgehead atoms. The number of benzene rings is 5. The first-order valence-electron chi connectivity index (χ1n) is 18.1. The van der Waals surface area contributed by atoms with E-state index in [4.69, 9.17) is 9.97 Å². The van der Waals surface area contributed by atoms with Crippen molar-refractivity contribution in [3.05, 3.63) is 193 Å². The summed E-state index contributed by atoms with van der Waals surface area (Å²) in [6.45, 7) is 0. The monoisotopic (exact) mass is 694 g/mol. The summed E-state index contributed by atoms with van der Waals surface area (Å²) < 4.78 is 4.59. The molecule has 6 heteroatoms. The third kappa shape index (κ3) is 4.10. The van der Waals surface area contributed by atoms with Gasteiger partial charge in [-0.2, -0.15) is 0 Å². The molecular formula is C48H30N4O2. The lowest BCUT2D eigenvalue weighted by molar-refractivity contribution is -0.111. The molecule has 2 aromatic heterocycles. The first-order chi connectivity index (χ1) is 26.6. The van der Waals surface area contributed by atoms with E-state index in [1.54, 1.807) is 24.3 Å². The normalized spacial score (nSPS) is 16.2. The van der Waals surface area contributed by atoms with Crippen LogP contribution in [0, 0.1) is 0 Å². The minimum Gasteiger partial charge on any atom is -0.306 e. The van der Waals surface area contributed by atoms with Crippen LogP contribution in [0.5, 0.6) is 0 Å². The van der Waals surface area contributed by atoms with Crippen LogP contribution in [0.25, 0.3) is 67.8 Å². The highest BCUT2D eigenvalue weighted by molar-refractivity contribution is 6.03. The topological polar surface area (TPSA) is 69.8 Å². The number of aromatic nitrogens is 4. The van der Waals surface area contributed by atoms with Crippen molar-refractivity contribution in [2.75, 3.05) is 0 Å². The van der Waals surface area contributed by atoms with E-state index in [1.807, 2.05) is 97.1 Å². The summed E-state index contributed by atoms with van der Waals surface area (Å²) in [5, 5.41) is 0. The van der Waals surface area contributed by atoms with Crippen molar-refractivity contribution in [1.82, 2.24) is 19.1 Å². The molecule has 2 aliphatic heterocycles. The van der Waals surface area contributed by atoms with Gasteiger partial charge < -0.3 is 9.13 Å². The first-order valence-corrected chi connectivity index (χ1v) is 18.1. The van der Waals surface area contributed by atoms with Crippen LogP contribution in [0.3, 0.4) is 0 Å². The summed E-state index contributed by atoms with van der Waals surface area (Å²) in [5.41, 5.74) is 9.98. The molecule has 0 N–H and O–H groups in total. The summed E-state index contributed by atoms with van der Waals surface area (Å²) in [7, 11) is 0. The predicted octanol–water partition coefficient (Wildman–Crippen LogP) is 9.59. The van der Waals surface area contributed by atoms with Crippen molar-refractivity contribution in [2.24, 2.45) is 0 Å². The lowest BCUT2D eigenvalue weighted by Gasteiger charge is -2.31. The number of imidazole rings is 2. The van der Waals surface area contributed by atoms with E-state index < -0.39 is 11.1 Å². The largest absolute Gasteiger partial charge is 0.306 e. The summed E-state index contributed by atoms with van der Waals surface area (Å²) >= 11 is 0. The van der Waals surface area contributed by atoms with E-state index in [-0.39, 0.29) is 11.6 Å². The maximum absolute atomic E-state index is 12.8. The van der Waals surface area contributed by atoms with Gasteiger partial charge in [-0.1, -0.05) is 121 Å². The predicted molar refractivity (Wildman–Crippen MR) is 211 cm³/mol. The molecular weight excluding hydrogens is 665 g/mol. The Labute approximate surface area is 311 Å². The van der Waals surface area contributed by atoms with Gasteiger partial charge in [-0.15, -0.1) is 0 Å². The molecule has 0 fully saturated rings. The van der Waals surface area contributed by atoms with Gasteiger partial charge in [0, 0.05) is 33.4 Å². The molecule has 6 nitrogen and oxygen atoms in total. The smallest absolute Gasteiger partial charge is 0.178 e. The van der Waals surface area contributed by atoms with Gasteiger partial charge in [-0.3, -0.25) is 9.59 Å². The molecule has 2 aliphatic carbocycles. The van der Waals surface area contributed by atoms with Crippen LogP contribution in [-0.4, -0.2) is 30.7 Å². The average molecular weight is 695 g/mol. The zero-order valence-corrected chi connectivity index (χ0v) is 28.9. The van der Waals surface area contributed by atoms with Crippen molar-refractivity contribution in [3.63, 3.8) is 0 Å². The molecule has 254 valence electrons. The standard InChI is InChI=1S/C48H30N4O2/c53-35-21-25-47(26-22-35)39-30-38-40(29-37(39)45-49-41(31-13-5-1-6-14-31)43(51(45)47)33-17-9-3-10-18-33)48(27-23-36(54)24-28-48)52-44(34-19-11-4-12-20-34)42(50-46(38)52)32-15-7-2-8-16-32/h1-30H. The second-order valence-corrected chi connectivity index (χ2v) is 14.1. The number of hydrogen-bond acceptors (Lipinski definition) is 4. The minimum absolute atomic E-state index is 0.0573. The third-order valence-electron chi connectivity index (χ3n) is 11.2.